The molecule has 0 radical (unpaired) electrons. The van der Waals surface area contributed by atoms with Crippen LogP contribution in [0.1, 0.15) is 18.1 Å². The lowest BCUT2D eigenvalue weighted by Crippen LogP contribution is -2.36. The fourth-order valence-electron chi connectivity index (χ4n) is 2.09. The second kappa shape index (κ2) is 5.87. The summed E-state index contributed by atoms with van der Waals surface area (Å²) in [5.74, 6) is 0.784. The van der Waals surface area contributed by atoms with Crippen molar-refractivity contribution in [3.05, 3.63) is 29.3 Å². The van der Waals surface area contributed by atoms with Crippen LogP contribution in [0.5, 0.6) is 5.75 Å². The number of ether oxygens (including phenoxy) is 2. The van der Waals surface area contributed by atoms with Crippen molar-refractivity contribution in [1.29, 1.82) is 0 Å². The lowest BCUT2D eigenvalue weighted by molar-refractivity contribution is -0.142. The van der Waals surface area contributed by atoms with Crippen LogP contribution in [0.15, 0.2) is 18.2 Å². The van der Waals surface area contributed by atoms with Crippen molar-refractivity contribution in [2.24, 2.45) is 0 Å². The summed E-state index contributed by atoms with van der Waals surface area (Å²) in [4.78, 5) is 11.2. The largest absolute Gasteiger partial charge is 0.493 e. The maximum absolute atomic E-state index is 11.2. The average Bonchev–Trinajstić information content (AvgIpc) is 2.85. The van der Waals surface area contributed by atoms with Crippen molar-refractivity contribution in [3.63, 3.8) is 0 Å². The molecule has 0 bridgehead atoms. The highest BCUT2D eigenvalue weighted by molar-refractivity contribution is 5.75. The van der Waals surface area contributed by atoms with Crippen LogP contribution in [0.4, 0.5) is 0 Å². The van der Waals surface area contributed by atoms with E-state index in [2.05, 4.69) is 22.2 Å². The van der Waals surface area contributed by atoms with E-state index in [4.69, 9.17) is 4.74 Å². The van der Waals surface area contributed by atoms with Gasteiger partial charge in [0.2, 0.25) is 0 Å². The molecule has 0 aromatic heterocycles. The van der Waals surface area contributed by atoms with Crippen LogP contribution in [0, 0.1) is 0 Å². The number of hydrogen-bond donors (Lipinski definition) is 1. The van der Waals surface area contributed by atoms with Gasteiger partial charge in [0.15, 0.2) is 0 Å². The molecule has 1 aliphatic heterocycles. The number of benzene rings is 1. The Morgan fingerprint density at radius 1 is 1.56 bits per heavy atom. The summed E-state index contributed by atoms with van der Waals surface area (Å²) in [6.07, 6.45) is 1.89. The van der Waals surface area contributed by atoms with E-state index in [1.807, 2.05) is 13.0 Å². The van der Waals surface area contributed by atoms with Gasteiger partial charge in [0.25, 0.3) is 0 Å². The Hall–Kier alpha value is -1.55. The number of fused-ring (bicyclic) bond motifs is 1. The molecular formula is C14H19NO3. The smallest absolute Gasteiger partial charge is 0.322 e. The molecule has 1 unspecified atom stereocenters. The van der Waals surface area contributed by atoms with Crippen LogP contribution in [0.25, 0.3) is 0 Å². The molecule has 1 N–H and O–H groups in total. The molecule has 4 heteroatoms. The molecule has 4 nitrogen and oxygen atoms in total. The Morgan fingerprint density at radius 2 is 2.39 bits per heavy atom. The van der Waals surface area contributed by atoms with Crippen molar-refractivity contribution in [2.75, 3.05) is 20.3 Å². The van der Waals surface area contributed by atoms with Gasteiger partial charge in [-0.3, -0.25) is 4.79 Å². The first-order valence-corrected chi connectivity index (χ1v) is 6.26. The molecule has 1 atom stereocenters. The van der Waals surface area contributed by atoms with Crippen molar-refractivity contribution in [2.45, 2.75) is 25.8 Å². The van der Waals surface area contributed by atoms with E-state index in [-0.39, 0.29) is 12.0 Å². The molecule has 18 heavy (non-hydrogen) atoms. The molecular weight excluding hydrogens is 230 g/mol. The van der Waals surface area contributed by atoms with Gasteiger partial charge in [0.05, 0.1) is 13.7 Å². The Labute approximate surface area is 107 Å². The third-order valence-electron chi connectivity index (χ3n) is 3.17. The SMILES string of the molecule is COC(=O)C(C)NCCc1ccc2c(c1)CCO2. The van der Waals surface area contributed by atoms with Crippen LogP contribution in [-0.4, -0.2) is 32.3 Å². The second-order valence-corrected chi connectivity index (χ2v) is 4.49. The van der Waals surface area contributed by atoms with E-state index in [0.717, 1.165) is 31.7 Å². The summed E-state index contributed by atoms with van der Waals surface area (Å²) in [5.41, 5.74) is 2.55. The Morgan fingerprint density at radius 3 is 3.17 bits per heavy atom. The number of methoxy groups -OCH3 is 1. The van der Waals surface area contributed by atoms with Gasteiger partial charge in [-0.25, -0.2) is 0 Å². The molecule has 0 fully saturated rings. The van der Waals surface area contributed by atoms with Gasteiger partial charge < -0.3 is 14.8 Å². The van der Waals surface area contributed by atoms with Crippen LogP contribution in [-0.2, 0) is 22.4 Å². The minimum atomic E-state index is -0.257. The maximum atomic E-state index is 11.2. The third-order valence-corrected chi connectivity index (χ3v) is 3.17. The lowest BCUT2D eigenvalue weighted by Gasteiger charge is -2.11. The highest BCUT2D eigenvalue weighted by Crippen LogP contribution is 2.25. The highest BCUT2D eigenvalue weighted by atomic mass is 16.5. The minimum absolute atomic E-state index is 0.225. The molecule has 0 saturated heterocycles. The fraction of sp³-hybridized carbons (Fsp3) is 0.500. The van der Waals surface area contributed by atoms with Gasteiger partial charge in [0.1, 0.15) is 11.8 Å². The Balaban J connectivity index is 1.82. The molecule has 1 heterocycles. The van der Waals surface area contributed by atoms with Gasteiger partial charge in [-0.05, 0) is 37.1 Å². The topological polar surface area (TPSA) is 47.6 Å². The van der Waals surface area contributed by atoms with Gasteiger partial charge in [0, 0.05) is 6.42 Å². The molecule has 2 rings (SSSR count). The average molecular weight is 249 g/mol. The van der Waals surface area contributed by atoms with Crippen molar-refractivity contribution in [3.8, 4) is 5.75 Å². The third kappa shape index (κ3) is 3.01. The van der Waals surface area contributed by atoms with E-state index in [1.54, 1.807) is 0 Å². The molecule has 0 saturated carbocycles. The summed E-state index contributed by atoms with van der Waals surface area (Å²) in [6, 6.07) is 6.04. The molecule has 98 valence electrons. The van der Waals surface area contributed by atoms with E-state index >= 15 is 0 Å². The lowest BCUT2D eigenvalue weighted by atomic mass is 10.1. The molecule has 1 aromatic carbocycles. The van der Waals surface area contributed by atoms with Crippen molar-refractivity contribution >= 4 is 5.97 Å². The Bertz CT molecular complexity index is 431. The van der Waals surface area contributed by atoms with Crippen molar-refractivity contribution < 1.29 is 14.3 Å². The first kappa shape index (κ1) is 12.9. The number of nitrogens with one attached hydrogen (secondary N) is 1. The van der Waals surface area contributed by atoms with Crippen LogP contribution >= 0.6 is 0 Å². The van der Waals surface area contributed by atoms with Crippen LogP contribution < -0.4 is 10.1 Å². The number of carbonyl (C=O) groups excluding carboxylic acids is 1. The molecule has 1 aromatic rings. The van der Waals surface area contributed by atoms with Crippen LogP contribution in [0.3, 0.4) is 0 Å². The molecule has 0 aliphatic carbocycles. The predicted molar refractivity (Wildman–Crippen MR) is 68.8 cm³/mol. The minimum Gasteiger partial charge on any atom is -0.493 e. The quantitative estimate of drug-likeness (QED) is 0.799. The normalized spacial score (nSPS) is 14.8. The first-order valence-electron chi connectivity index (χ1n) is 6.26. The van der Waals surface area contributed by atoms with E-state index in [1.165, 1.54) is 18.2 Å². The van der Waals surface area contributed by atoms with Gasteiger partial charge in [-0.15, -0.1) is 0 Å². The summed E-state index contributed by atoms with van der Waals surface area (Å²) in [5, 5.41) is 3.14. The molecule has 0 amide bonds. The van der Waals surface area contributed by atoms with Crippen LogP contribution in [0.2, 0.25) is 0 Å². The monoisotopic (exact) mass is 249 g/mol. The zero-order valence-corrected chi connectivity index (χ0v) is 10.9. The summed E-state index contributed by atoms with van der Waals surface area (Å²) in [6.45, 7) is 3.36. The Kier molecular flexibility index (Phi) is 4.20. The standard InChI is InChI=1S/C14H19NO3/c1-10(14(16)17-2)15-7-5-11-3-4-13-12(9-11)6-8-18-13/h3-4,9-10,15H,5-8H2,1-2H3. The van der Waals surface area contributed by atoms with Crippen molar-refractivity contribution in [1.82, 2.24) is 5.32 Å². The highest BCUT2D eigenvalue weighted by Gasteiger charge is 2.13. The van der Waals surface area contributed by atoms with Gasteiger partial charge >= 0.3 is 5.97 Å². The molecule has 0 spiro atoms. The van der Waals surface area contributed by atoms with E-state index in [9.17, 15) is 4.79 Å². The zero-order valence-electron chi connectivity index (χ0n) is 10.9. The maximum Gasteiger partial charge on any atom is 0.322 e. The predicted octanol–water partition coefficient (Wildman–Crippen LogP) is 1.32. The summed E-state index contributed by atoms with van der Waals surface area (Å²) >= 11 is 0. The zero-order chi connectivity index (χ0) is 13.0. The summed E-state index contributed by atoms with van der Waals surface area (Å²) < 4.78 is 10.1. The summed E-state index contributed by atoms with van der Waals surface area (Å²) in [7, 11) is 1.40. The van der Waals surface area contributed by atoms with E-state index in [0.29, 0.717) is 0 Å². The first-order chi connectivity index (χ1) is 8.70. The van der Waals surface area contributed by atoms with Gasteiger partial charge in [-0.1, -0.05) is 12.1 Å². The van der Waals surface area contributed by atoms with Gasteiger partial charge in [-0.2, -0.15) is 0 Å². The molecule has 1 aliphatic rings. The fourth-order valence-corrected chi connectivity index (χ4v) is 2.09. The van der Waals surface area contributed by atoms with E-state index < -0.39 is 0 Å². The number of rotatable bonds is 5. The second-order valence-electron chi connectivity index (χ2n) is 4.49. The number of hydrogen-bond acceptors (Lipinski definition) is 4. The number of carbonyl (C=O) groups is 1. The number of esters is 1.